The Balaban J connectivity index is 1.34. The van der Waals surface area contributed by atoms with E-state index in [0.29, 0.717) is 11.3 Å². The van der Waals surface area contributed by atoms with E-state index in [0.717, 1.165) is 56.6 Å². The molecule has 3 aliphatic rings. The molecule has 2 aliphatic heterocycles. The molecule has 0 spiro atoms. The van der Waals surface area contributed by atoms with E-state index in [9.17, 15) is 5.11 Å². The van der Waals surface area contributed by atoms with E-state index in [2.05, 4.69) is 57.0 Å². The molecule has 1 aromatic carbocycles. The Bertz CT molecular complexity index is 823. The lowest BCUT2D eigenvalue weighted by atomic mass is 9.94. The van der Waals surface area contributed by atoms with Gasteiger partial charge in [-0.2, -0.15) is 0 Å². The standard InChI is InChI=1S/C22H28N4O/c1-16-4-6-18(7-5-16)22-10-19(22)12-26(14-22)21-9-20(23-15-24-21)25-8-2-3-17(11-25)13-27/h4-7,9,15,17,19,27H,2-3,8,10-14H2,1H3. The van der Waals surface area contributed by atoms with Crippen LogP contribution in [0.5, 0.6) is 0 Å². The molecule has 1 saturated carbocycles. The van der Waals surface area contributed by atoms with Crippen LogP contribution in [0.4, 0.5) is 11.6 Å². The molecule has 5 rings (SSSR count). The summed E-state index contributed by atoms with van der Waals surface area (Å²) >= 11 is 0. The van der Waals surface area contributed by atoms with Gasteiger partial charge in [0.05, 0.1) is 0 Å². The third kappa shape index (κ3) is 2.98. The van der Waals surface area contributed by atoms with Gasteiger partial charge in [-0.1, -0.05) is 29.8 Å². The Kier molecular flexibility index (Phi) is 4.08. The fraction of sp³-hybridized carbons (Fsp3) is 0.545. The minimum absolute atomic E-state index is 0.265. The number of rotatable bonds is 4. The number of nitrogens with zero attached hydrogens (tertiary/aromatic N) is 4. The van der Waals surface area contributed by atoms with Gasteiger partial charge in [0, 0.05) is 44.3 Å². The molecule has 5 nitrogen and oxygen atoms in total. The van der Waals surface area contributed by atoms with Crippen LogP contribution < -0.4 is 9.80 Å². The zero-order valence-corrected chi connectivity index (χ0v) is 16.0. The summed E-state index contributed by atoms with van der Waals surface area (Å²) in [5.41, 5.74) is 3.13. The van der Waals surface area contributed by atoms with Gasteiger partial charge < -0.3 is 14.9 Å². The second kappa shape index (κ2) is 6.48. The van der Waals surface area contributed by atoms with Crippen LogP contribution in [0.3, 0.4) is 0 Å². The van der Waals surface area contributed by atoms with E-state index in [4.69, 9.17) is 0 Å². The van der Waals surface area contributed by atoms with Crippen LogP contribution in [0, 0.1) is 18.8 Å². The molecule has 142 valence electrons. The number of fused-ring (bicyclic) bond motifs is 1. The number of aliphatic hydroxyl groups excluding tert-OH is 1. The normalized spacial score (nSPS) is 29.7. The van der Waals surface area contributed by atoms with Crippen molar-refractivity contribution in [2.24, 2.45) is 11.8 Å². The van der Waals surface area contributed by atoms with Gasteiger partial charge in [-0.15, -0.1) is 0 Å². The fourth-order valence-electron chi connectivity index (χ4n) is 5.09. The van der Waals surface area contributed by atoms with Crippen LogP contribution in [-0.4, -0.2) is 47.9 Å². The van der Waals surface area contributed by atoms with Crippen molar-refractivity contribution >= 4 is 11.6 Å². The SMILES string of the molecule is Cc1ccc(C23CC2CN(c2cc(N4CCCC(CO)C4)ncn2)C3)cc1. The molecular weight excluding hydrogens is 336 g/mol. The quantitative estimate of drug-likeness (QED) is 0.904. The molecule has 0 radical (unpaired) electrons. The molecule has 27 heavy (non-hydrogen) atoms. The van der Waals surface area contributed by atoms with E-state index in [1.54, 1.807) is 6.33 Å². The minimum atomic E-state index is 0.265. The summed E-state index contributed by atoms with van der Waals surface area (Å²) in [5, 5.41) is 9.50. The molecule has 0 bridgehead atoms. The molecule has 1 aromatic heterocycles. The first-order valence-electron chi connectivity index (χ1n) is 10.2. The van der Waals surface area contributed by atoms with E-state index in [1.165, 1.54) is 17.5 Å². The molecule has 3 heterocycles. The van der Waals surface area contributed by atoms with E-state index < -0.39 is 0 Å². The maximum atomic E-state index is 9.50. The largest absolute Gasteiger partial charge is 0.396 e. The first-order valence-corrected chi connectivity index (χ1v) is 10.2. The molecule has 1 N–H and O–H groups in total. The van der Waals surface area contributed by atoms with Crippen LogP contribution in [0.15, 0.2) is 36.7 Å². The van der Waals surface area contributed by atoms with Crippen LogP contribution in [0.25, 0.3) is 0 Å². The molecule has 3 fully saturated rings. The highest BCUT2D eigenvalue weighted by Crippen LogP contribution is 2.59. The van der Waals surface area contributed by atoms with Crippen molar-refractivity contribution in [2.75, 3.05) is 42.6 Å². The Labute approximate surface area is 161 Å². The molecule has 2 saturated heterocycles. The van der Waals surface area contributed by atoms with Crippen molar-refractivity contribution in [2.45, 2.75) is 31.6 Å². The number of aliphatic hydroxyl groups is 1. The lowest BCUT2D eigenvalue weighted by molar-refractivity contribution is 0.208. The predicted octanol–water partition coefficient (Wildman–Crippen LogP) is 2.77. The van der Waals surface area contributed by atoms with E-state index in [-0.39, 0.29) is 6.61 Å². The molecule has 3 atom stereocenters. The summed E-state index contributed by atoms with van der Waals surface area (Å²) in [5.74, 6) is 3.15. The number of hydrogen-bond donors (Lipinski definition) is 1. The van der Waals surface area contributed by atoms with Crippen LogP contribution in [-0.2, 0) is 5.41 Å². The lowest BCUT2D eigenvalue weighted by Crippen LogP contribution is -2.37. The van der Waals surface area contributed by atoms with Gasteiger partial charge in [-0.25, -0.2) is 9.97 Å². The molecule has 0 amide bonds. The van der Waals surface area contributed by atoms with Gasteiger partial charge in [-0.3, -0.25) is 0 Å². The molecule has 2 aromatic rings. The monoisotopic (exact) mass is 364 g/mol. The van der Waals surface area contributed by atoms with Crippen LogP contribution >= 0.6 is 0 Å². The van der Waals surface area contributed by atoms with Gasteiger partial charge in [0.1, 0.15) is 18.0 Å². The predicted molar refractivity (Wildman–Crippen MR) is 107 cm³/mol. The van der Waals surface area contributed by atoms with Crippen LogP contribution in [0.2, 0.25) is 0 Å². The number of aromatic nitrogens is 2. The first-order chi connectivity index (χ1) is 13.2. The highest BCUT2D eigenvalue weighted by Gasteiger charge is 2.60. The summed E-state index contributed by atoms with van der Waals surface area (Å²) in [7, 11) is 0. The number of anilines is 2. The summed E-state index contributed by atoms with van der Waals surface area (Å²) in [4.78, 5) is 13.9. The highest BCUT2D eigenvalue weighted by atomic mass is 16.3. The topological polar surface area (TPSA) is 52.5 Å². The summed E-state index contributed by atoms with van der Waals surface area (Å²) in [6.07, 6.45) is 5.23. The van der Waals surface area contributed by atoms with Crippen molar-refractivity contribution in [3.8, 4) is 0 Å². The second-order valence-electron chi connectivity index (χ2n) is 8.67. The zero-order chi connectivity index (χ0) is 18.4. The highest BCUT2D eigenvalue weighted by molar-refractivity contribution is 5.54. The van der Waals surface area contributed by atoms with Crippen molar-refractivity contribution in [3.05, 3.63) is 47.8 Å². The Hall–Kier alpha value is -2.14. The van der Waals surface area contributed by atoms with Crippen molar-refractivity contribution in [1.29, 1.82) is 0 Å². The van der Waals surface area contributed by atoms with Crippen molar-refractivity contribution < 1.29 is 5.11 Å². The fourth-order valence-corrected chi connectivity index (χ4v) is 5.09. The summed E-state index contributed by atoms with van der Waals surface area (Å²) in [6, 6.07) is 11.2. The lowest BCUT2D eigenvalue weighted by Gasteiger charge is -2.33. The average molecular weight is 364 g/mol. The molecule has 3 unspecified atom stereocenters. The van der Waals surface area contributed by atoms with Gasteiger partial charge in [0.2, 0.25) is 0 Å². The smallest absolute Gasteiger partial charge is 0.134 e. The second-order valence-corrected chi connectivity index (χ2v) is 8.67. The van der Waals surface area contributed by atoms with Gasteiger partial charge in [-0.05, 0) is 43.6 Å². The molecular formula is C22H28N4O. The summed E-state index contributed by atoms with van der Waals surface area (Å²) in [6.45, 7) is 6.46. The minimum Gasteiger partial charge on any atom is -0.396 e. The molecule has 1 aliphatic carbocycles. The maximum absolute atomic E-state index is 9.50. The third-order valence-electron chi connectivity index (χ3n) is 6.84. The zero-order valence-electron chi connectivity index (χ0n) is 16.0. The average Bonchev–Trinajstić information content (AvgIpc) is 3.29. The molecule has 5 heteroatoms. The number of benzene rings is 1. The third-order valence-corrected chi connectivity index (χ3v) is 6.84. The Morgan fingerprint density at radius 1 is 1.11 bits per heavy atom. The maximum Gasteiger partial charge on any atom is 0.134 e. The first kappa shape index (κ1) is 17.0. The van der Waals surface area contributed by atoms with E-state index in [1.807, 2.05) is 0 Å². The Morgan fingerprint density at radius 3 is 2.67 bits per heavy atom. The van der Waals surface area contributed by atoms with E-state index >= 15 is 0 Å². The number of hydrogen-bond acceptors (Lipinski definition) is 5. The van der Waals surface area contributed by atoms with Gasteiger partial charge in [0.25, 0.3) is 0 Å². The Morgan fingerprint density at radius 2 is 1.89 bits per heavy atom. The van der Waals surface area contributed by atoms with Gasteiger partial charge >= 0.3 is 0 Å². The van der Waals surface area contributed by atoms with Gasteiger partial charge in [0.15, 0.2) is 0 Å². The van der Waals surface area contributed by atoms with Crippen molar-refractivity contribution in [1.82, 2.24) is 9.97 Å². The van der Waals surface area contributed by atoms with Crippen LogP contribution in [0.1, 0.15) is 30.4 Å². The number of piperidine rings is 2. The van der Waals surface area contributed by atoms with Crippen molar-refractivity contribution in [3.63, 3.8) is 0 Å². The summed E-state index contributed by atoms with van der Waals surface area (Å²) < 4.78 is 0. The number of aryl methyl sites for hydroxylation is 1.